The number of halogens is 1. The maximum Gasteiger partial charge on any atom is 0.119 e. The molecular weight excluding hydrogens is 294 g/mol. The number of hydrogen-bond acceptors (Lipinski definition) is 3. The van der Waals surface area contributed by atoms with Crippen LogP contribution in [0.1, 0.15) is 5.69 Å². The number of aromatic nitrogens is 2. The van der Waals surface area contributed by atoms with Crippen molar-refractivity contribution in [1.29, 1.82) is 0 Å². The molecule has 0 bridgehead atoms. The molecule has 0 radical (unpaired) electrons. The first-order chi connectivity index (χ1) is 8.67. The number of nitrogens with two attached hydrogens (primary N) is 1. The highest BCUT2D eigenvalue weighted by Gasteiger charge is 2.15. The Morgan fingerprint density at radius 1 is 1.44 bits per heavy atom. The summed E-state index contributed by atoms with van der Waals surface area (Å²) in [6.07, 6.45) is 0.762. The molecule has 0 aliphatic heterocycles. The van der Waals surface area contributed by atoms with Gasteiger partial charge in [-0.1, -0.05) is 12.1 Å². The van der Waals surface area contributed by atoms with Crippen LogP contribution in [0.2, 0.25) is 0 Å². The molecule has 2 rings (SSSR count). The van der Waals surface area contributed by atoms with E-state index in [1.165, 1.54) is 0 Å². The van der Waals surface area contributed by atoms with Gasteiger partial charge in [0, 0.05) is 19.0 Å². The minimum atomic E-state index is 0.590. The lowest BCUT2D eigenvalue weighted by Gasteiger charge is -2.05. The minimum absolute atomic E-state index is 0.590. The van der Waals surface area contributed by atoms with E-state index in [1.54, 1.807) is 7.11 Å². The lowest BCUT2D eigenvalue weighted by atomic mass is 10.1. The monoisotopic (exact) mass is 309 g/mol. The van der Waals surface area contributed by atoms with Gasteiger partial charge in [-0.15, -0.1) is 0 Å². The van der Waals surface area contributed by atoms with Gasteiger partial charge in [-0.2, -0.15) is 5.10 Å². The third kappa shape index (κ3) is 2.42. The van der Waals surface area contributed by atoms with E-state index in [0.29, 0.717) is 6.54 Å². The fourth-order valence-electron chi connectivity index (χ4n) is 1.93. The van der Waals surface area contributed by atoms with Crippen LogP contribution in [0.15, 0.2) is 28.7 Å². The average Bonchev–Trinajstić information content (AvgIpc) is 2.65. The van der Waals surface area contributed by atoms with Crippen molar-refractivity contribution in [1.82, 2.24) is 9.78 Å². The second-order valence-corrected chi connectivity index (χ2v) is 4.80. The molecule has 0 saturated carbocycles. The van der Waals surface area contributed by atoms with E-state index in [4.69, 9.17) is 10.5 Å². The van der Waals surface area contributed by atoms with Gasteiger partial charge >= 0.3 is 0 Å². The van der Waals surface area contributed by atoms with E-state index in [-0.39, 0.29) is 0 Å². The molecule has 0 spiro atoms. The molecule has 0 fully saturated rings. The third-order valence-corrected chi connectivity index (χ3v) is 3.61. The van der Waals surface area contributed by atoms with Crippen molar-refractivity contribution in [2.75, 3.05) is 13.7 Å². The molecule has 4 nitrogen and oxygen atoms in total. The van der Waals surface area contributed by atoms with Crippen molar-refractivity contribution in [3.8, 4) is 17.0 Å². The molecule has 1 heterocycles. The number of nitrogens with zero attached hydrogens (tertiary/aromatic N) is 2. The second kappa shape index (κ2) is 5.54. The molecule has 1 aromatic carbocycles. The van der Waals surface area contributed by atoms with Gasteiger partial charge in [-0.3, -0.25) is 4.68 Å². The van der Waals surface area contributed by atoms with Crippen molar-refractivity contribution < 1.29 is 4.74 Å². The smallest absolute Gasteiger partial charge is 0.119 e. The van der Waals surface area contributed by atoms with E-state index < -0.39 is 0 Å². The first-order valence-electron chi connectivity index (χ1n) is 5.73. The maximum atomic E-state index is 5.58. The van der Waals surface area contributed by atoms with Crippen molar-refractivity contribution in [2.24, 2.45) is 12.8 Å². The number of benzene rings is 1. The van der Waals surface area contributed by atoms with Crippen LogP contribution in [0.3, 0.4) is 0 Å². The summed E-state index contributed by atoms with van der Waals surface area (Å²) in [6.45, 7) is 0.590. The topological polar surface area (TPSA) is 53.1 Å². The summed E-state index contributed by atoms with van der Waals surface area (Å²) < 4.78 is 8.11. The first kappa shape index (κ1) is 13.1. The van der Waals surface area contributed by atoms with Crippen molar-refractivity contribution >= 4 is 15.9 Å². The Bertz CT molecular complexity index is 551. The molecule has 5 heteroatoms. The molecule has 0 atom stereocenters. The minimum Gasteiger partial charge on any atom is -0.497 e. The summed E-state index contributed by atoms with van der Waals surface area (Å²) >= 11 is 3.61. The zero-order chi connectivity index (χ0) is 13.1. The van der Waals surface area contributed by atoms with Crippen LogP contribution in [0.5, 0.6) is 5.75 Å². The Hall–Kier alpha value is -1.33. The van der Waals surface area contributed by atoms with Crippen LogP contribution < -0.4 is 10.5 Å². The molecule has 2 N–H and O–H groups in total. The number of hydrogen-bond donors (Lipinski definition) is 1. The van der Waals surface area contributed by atoms with Gasteiger partial charge in [0.05, 0.1) is 23.0 Å². The summed E-state index contributed by atoms with van der Waals surface area (Å²) in [7, 11) is 3.59. The lowest BCUT2D eigenvalue weighted by Crippen LogP contribution is -2.04. The molecule has 96 valence electrons. The average molecular weight is 310 g/mol. The zero-order valence-electron chi connectivity index (χ0n) is 10.5. The quantitative estimate of drug-likeness (QED) is 0.943. The van der Waals surface area contributed by atoms with Crippen LogP contribution in [0.25, 0.3) is 11.3 Å². The van der Waals surface area contributed by atoms with E-state index in [9.17, 15) is 0 Å². The molecule has 2 aromatic rings. The Labute approximate surface area is 115 Å². The second-order valence-electron chi connectivity index (χ2n) is 4.00. The fourth-order valence-corrected chi connectivity index (χ4v) is 2.70. The highest BCUT2D eigenvalue weighted by atomic mass is 79.9. The number of rotatable bonds is 4. The third-order valence-electron chi connectivity index (χ3n) is 2.78. The number of ether oxygens (including phenoxy) is 1. The molecule has 0 amide bonds. The van der Waals surface area contributed by atoms with E-state index in [1.807, 2.05) is 36.0 Å². The number of aryl methyl sites for hydroxylation is 1. The van der Waals surface area contributed by atoms with Crippen molar-refractivity contribution in [3.05, 3.63) is 34.4 Å². The van der Waals surface area contributed by atoms with E-state index >= 15 is 0 Å². The van der Waals surface area contributed by atoms with Crippen LogP contribution >= 0.6 is 15.9 Å². The summed E-state index contributed by atoms with van der Waals surface area (Å²) in [5, 5.41) is 4.48. The normalized spacial score (nSPS) is 10.7. The summed E-state index contributed by atoms with van der Waals surface area (Å²) in [6, 6.07) is 7.93. The highest BCUT2D eigenvalue weighted by molar-refractivity contribution is 9.10. The SMILES string of the molecule is COc1cccc(-c2c(Br)c(CCN)nn2C)c1. The fraction of sp³-hybridized carbons (Fsp3) is 0.308. The molecule has 0 unspecified atom stereocenters. The van der Waals surface area contributed by atoms with Gasteiger partial charge in [0.2, 0.25) is 0 Å². The predicted molar refractivity (Wildman–Crippen MR) is 75.7 cm³/mol. The van der Waals surface area contributed by atoms with E-state index in [2.05, 4.69) is 21.0 Å². The van der Waals surface area contributed by atoms with Gasteiger partial charge in [-0.05, 0) is 34.6 Å². The molecule has 0 saturated heterocycles. The standard InChI is InChI=1S/C13H16BrN3O/c1-17-13(12(14)11(16-17)6-7-15)9-4-3-5-10(8-9)18-2/h3-5,8H,6-7,15H2,1-2H3. The molecule has 0 aliphatic rings. The van der Waals surface area contributed by atoms with Gasteiger partial charge in [-0.25, -0.2) is 0 Å². The summed E-state index contributed by atoms with van der Waals surface area (Å²) in [4.78, 5) is 0. The van der Waals surface area contributed by atoms with E-state index in [0.717, 1.165) is 33.6 Å². The Morgan fingerprint density at radius 3 is 2.89 bits per heavy atom. The molecule has 0 aliphatic carbocycles. The van der Waals surface area contributed by atoms with Crippen molar-refractivity contribution in [2.45, 2.75) is 6.42 Å². The Balaban J connectivity index is 2.49. The van der Waals surface area contributed by atoms with Crippen LogP contribution in [-0.2, 0) is 13.5 Å². The van der Waals surface area contributed by atoms with Gasteiger partial charge in [0.1, 0.15) is 5.75 Å². The molecule has 1 aromatic heterocycles. The first-order valence-corrected chi connectivity index (χ1v) is 6.52. The maximum absolute atomic E-state index is 5.58. The van der Waals surface area contributed by atoms with Crippen LogP contribution in [0, 0.1) is 0 Å². The number of methoxy groups -OCH3 is 1. The van der Waals surface area contributed by atoms with Gasteiger partial charge in [0.15, 0.2) is 0 Å². The Kier molecular flexibility index (Phi) is 4.04. The summed E-state index contributed by atoms with van der Waals surface area (Å²) in [5.74, 6) is 0.834. The molecular formula is C13H16BrN3O. The van der Waals surface area contributed by atoms with Crippen LogP contribution in [0.4, 0.5) is 0 Å². The predicted octanol–water partition coefficient (Wildman–Crippen LogP) is 2.36. The van der Waals surface area contributed by atoms with Gasteiger partial charge < -0.3 is 10.5 Å². The Morgan fingerprint density at radius 2 is 2.22 bits per heavy atom. The summed E-state index contributed by atoms with van der Waals surface area (Å²) in [5.41, 5.74) is 8.68. The van der Waals surface area contributed by atoms with Crippen molar-refractivity contribution in [3.63, 3.8) is 0 Å². The van der Waals surface area contributed by atoms with Crippen LogP contribution in [-0.4, -0.2) is 23.4 Å². The van der Waals surface area contributed by atoms with Gasteiger partial charge in [0.25, 0.3) is 0 Å². The largest absolute Gasteiger partial charge is 0.497 e. The zero-order valence-corrected chi connectivity index (χ0v) is 12.1. The molecule has 18 heavy (non-hydrogen) atoms. The lowest BCUT2D eigenvalue weighted by molar-refractivity contribution is 0.415. The highest BCUT2D eigenvalue weighted by Crippen LogP contribution is 2.32.